The molecule has 1 aromatic rings. The molecule has 3 aliphatic rings. The number of piperidine rings is 3. The van der Waals surface area contributed by atoms with Crippen LogP contribution in [-0.4, -0.2) is 62.0 Å². The van der Waals surface area contributed by atoms with E-state index in [-0.39, 0.29) is 42.0 Å². The number of amides is 2. The van der Waals surface area contributed by atoms with Crippen LogP contribution in [0.5, 0.6) is 0 Å². The molecule has 7 atom stereocenters. The number of anilines is 1. The number of quaternary nitrogens is 1. The number of carbonyl (C=O) groups excluding carboxylic acids is 2. The summed E-state index contributed by atoms with van der Waals surface area (Å²) in [5, 5.41) is 23.2. The SMILES string of the molecule is COC1CC(C(=O)Nc2ccc(C)c(C3CC4CNC(C)CC4[N+](C)([O-])C3=O)c2)CCN1. The monoisotopic (exact) mass is 444 g/mol. The molecule has 3 N–H and O–H groups in total. The molecule has 0 bridgehead atoms. The Morgan fingerprint density at radius 1 is 1.25 bits per heavy atom. The zero-order valence-electron chi connectivity index (χ0n) is 19.5. The number of hydroxylamine groups is 3. The minimum absolute atomic E-state index is 0.0340. The minimum atomic E-state index is -0.815. The molecule has 32 heavy (non-hydrogen) atoms. The lowest BCUT2D eigenvalue weighted by Gasteiger charge is -2.54. The van der Waals surface area contributed by atoms with Crippen molar-refractivity contribution in [3.8, 4) is 0 Å². The van der Waals surface area contributed by atoms with Gasteiger partial charge in [0.2, 0.25) is 5.91 Å². The van der Waals surface area contributed by atoms with Crippen molar-refractivity contribution in [2.45, 2.75) is 63.8 Å². The first-order valence-electron chi connectivity index (χ1n) is 11.7. The lowest BCUT2D eigenvalue weighted by molar-refractivity contribution is -0.822. The van der Waals surface area contributed by atoms with Crippen molar-refractivity contribution in [1.82, 2.24) is 10.6 Å². The van der Waals surface area contributed by atoms with E-state index < -0.39 is 10.6 Å². The second-order valence-electron chi connectivity index (χ2n) is 9.95. The van der Waals surface area contributed by atoms with Crippen LogP contribution in [0.25, 0.3) is 0 Å². The molecule has 0 aliphatic carbocycles. The van der Waals surface area contributed by atoms with Crippen LogP contribution in [0.3, 0.4) is 0 Å². The van der Waals surface area contributed by atoms with Gasteiger partial charge >= 0.3 is 5.91 Å². The normalized spacial score (nSPS) is 37.6. The van der Waals surface area contributed by atoms with Gasteiger partial charge in [0.25, 0.3) is 0 Å². The summed E-state index contributed by atoms with van der Waals surface area (Å²) < 4.78 is 4.54. The Bertz CT molecular complexity index is 874. The van der Waals surface area contributed by atoms with Crippen molar-refractivity contribution in [3.05, 3.63) is 34.5 Å². The summed E-state index contributed by atoms with van der Waals surface area (Å²) in [5.74, 6) is -0.723. The zero-order valence-corrected chi connectivity index (χ0v) is 19.5. The molecular weight excluding hydrogens is 408 g/mol. The number of likely N-dealkylation sites (tertiary alicyclic amines) is 1. The average molecular weight is 445 g/mol. The highest BCUT2D eigenvalue weighted by Gasteiger charge is 2.50. The number of hydrogen-bond donors (Lipinski definition) is 3. The van der Waals surface area contributed by atoms with E-state index in [4.69, 9.17) is 4.74 Å². The van der Waals surface area contributed by atoms with E-state index in [1.807, 2.05) is 25.1 Å². The van der Waals surface area contributed by atoms with Crippen molar-refractivity contribution in [3.63, 3.8) is 0 Å². The van der Waals surface area contributed by atoms with E-state index in [1.54, 1.807) is 7.11 Å². The summed E-state index contributed by atoms with van der Waals surface area (Å²) in [7, 11) is 3.16. The third-order valence-electron chi connectivity index (χ3n) is 7.72. The van der Waals surface area contributed by atoms with Gasteiger partial charge in [-0.2, -0.15) is 0 Å². The van der Waals surface area contributed by atoms with E-state index in [0.29, 0.717) is 18.5 Å². The molecule has 7 unspecified atom stereocenters. The Morgan fingerprint density at radius 2 is 2.03 bits per heavy atom. The first-order chi connectivity index (χ1) is 15.2. The molecule has 0 saturated carbocycles. The standard InChI is InChI=1S/C24H36N4O4/c1-14-5-6-18(27-23(29)16-7-8-25-22(11-16)32-4)12-19(14)20-10-17-13-26-15(2)9-21(17)28(3,31)24(20)30/h5-6,12,15-17,20-22,25-26H,7-11,13H2,1-4H3,(H,27,29). The predicted octanol–water partition coefficient (Wildman–Crippen LogP) is 2.23. The Morgan fingerprint density at radius 3 is 2.78 bits per heavy atom. The maximum atomic E-state index is 13.5. The number of methoxy groups -OCH3 is 1. The maximum Gasteiger partial charge on any atom is 0.321 e. The summed E-state index contributed by atoms with van der Waals surface area (Å²) in [6.07, 6.45) is 2.66. The van der Waals surface area contributed by atoms with Gasteiger partial charge in [-0.25, -0.2) is 4.79 Å². The molecule has 3 saturated heterocycles. The van der Waals surface area contributed by atoms with Gasteiger partial charge in [0.05, 0.1) is 7.05 Å². The van der Waals surface area contributed by atoms with Crippen molar-refractivity contribution >= 4 is 17.5 Å². The summed E-state index contributed by atoms with van der Waals surface area (Å²) in [6.45, 7) is 5.53. The Labute approximate surface area is 190 Å². The van der Waals surface area contributed by atoms with E-state index in [2.05, 4.69) is 22.9 Å². The molecule has 176 valence electrons. The Hall–Kier alpha value is -1.84. The lowest BCUT2D eigenvalue weighted by atomic mass is 9.74. The fraction of sp³-hybridized carbons (Fsp3) is 0.667. The van der Waals surface area contributed by atoms with Gasteiger partial charge in [-0.3, -0.25) is 14.8 Å². The van der Waals surface area contributed by atoms with Gasteiger partial charge in [-0.05, 0) is 62.9 Å². The van der Waals surface area contributed by atoms with Gasteiger partial charge in [0, 0.05) is 43.6 Å². The predicted molar refractivity (Wildman–Crippen MR) is 123 cm³/mol. The van der Waals surface area contributed by atoms with Gasteiger partial charge in [-0.1, -0.05) is 6.07 Å². The van der Waals surface area contributed by atoms with Crippen molar-refractivity contribution in [1.29, 1.82) is 0 Å². The molecule has 2 amide bonds. The summed E-state index contributed by atoms with van der Waals surface area (Å²) in [4.78, 5) is 26.2. The van der Waals surface area contributed by atoms with Crippen LogP contribution in [-0.2, 0) is 14.3 Å². The first kappa shape index (κ1) is 23.3. The number of aryl methyl sites for hydroxylation is 1. The second-order valence-corrected chi connectivity index (χ2v) is 9.95. The number of carbonyl (C=O) groups is 2. The zero-order chi connectivity index (χ0) is 23.0. The molecule has 1 aromatic carbocycles. The topological polar surface area (TPSA) is 103 Å². The molecule has 0 aromatic heterocycles. The highest BCUT2D eigenvalue weighted by molar-refractivity contribution is 5.93. The molecule has 0 spiro atoms. The highest BCUT2D eigenvalue weighted by Crippen LogP contribution is 2.42. The van der Waals surface area contributed by atoms with Crippen LogP contribution >= 0.6 is 0 Å². The molecule has 3 heterocycles. The molecule has 8 nitrogen and oxygen atoms in total. The Kier molecular flexibility index (Phi) is 6.70. The molecule has 3 fully saturated rings. The quantitative estimate of drug-likeness (QED) is 0.486. The third-order valence-corrected chi connectivity index (χ3v) is 7.72. The van der Waals surface area contributed by atoms with Gasteiger partial charge in [0.1, 0.15) is 18.2 Å². The first-order valence-corrected chi connectivity index (χ1v) is 11.7. The second kappa shape index (κ2) is 9.19. The van der Waals surface area contributed by atoms with E-state index in [1.165, 1.54) is 7.05 Å². The number of benzene rings is 1. The van der Waals surface area contributed by atoms with Crippen molar-refractivity contribution in [2.24, 2.45) is 11.8 Å². The maximum absolute atomic E-state index is 13.5. The van der Waals surface area contributed by atoms with Crippen LogP contribution in [0.2, 0.25) is 0 Å². The number of nitrogens with one attached hydrogen (secondary N) is 3. The van der Waals surface area contributed by atoms with Gasteiger partial charge in [0.15, 0.2) is 0 Å². The number of nitrogens with zero attached hydrogens (tertiary/aromatic N) is 1. The third kappa shape index (κ3) is 4.47. The summed E-state index contributed by atoms with van der Waals surface area (Å²) >= 11 is 0. The molecule has 0 radical (unpaired) electrons. The number of likely N-dealkylation sites (N-methyl/N-ethyl adjacent to an activating group) is 1. The van der Waals surface area contributed by atoms with E-state index in [0.717, 1.165) is 37.1 Å². The van der Waals surface area contributed by atoms with Crippen LogP contribution in [0.15, 0.2) is 18.2 Å². The van der Waals surface area contributed by atoms with Crippen LogP contribution in [0, 0.1) is 24.0 Å². The lowest BCUT2D eigenvalue weighted by Crippen LogP contribution is -2.65. The highest BCUT2D eigenvalue weighted by atomic mass is 16.6. The van der Waals surface area contributed by atoms with Crippen LogP contribution in [0.1, 0.15) is 49.7 Å². The number of rotatable bonds is 4. The van der Waals surface area contributed by atoms with E-state index in [9.17, 15) is 14.8 Å². The van der Waals surface area contributed by atoms with Crippen LogP contribution < -0.4 is 16.0 Å². The van der Waals surface area contributed by atoms with Crippen molar-refractivity contribution in [2.75, 3.05) is 32.6 Å². The molecular formula is C24H36N4O4. The molecule has 3 aliphatic heterocycles. The fourth-order valence-corrected chi connectivity index (χ4v) is 5.74. The molecule has 4 rings (SSSR count). The molecule has 8 heteroatoms. The minimum Gasteiger partial charge on any atom is -0.625 e. The fourth-order valence-electron chi connectivity index (χ4n) is 5.74. The number of hydrogen-bond acceptors (Lipinski definition) is 6. The number of fused-ring (bicyclic) bond motifs is 1. The summed E-state index contributed by atoms with van der Waals surface area (Å²) in [6, 6.07) is 5.76. The summed E-state index contributed by atoms with van der Waals surface area (Å²) in [5.41, 5.74) is 2.50. The Balaban J connectivity index is 1.53. The number of ether oxygens (including phenoxy) is 1. The van der Waals surface area contributed by atoms with Crippen LogP contribution in [0.4, 0.5) is 5.69 Å². The largest absolute Gasteiger partial charge is 0.625 e. The smallest absolute Gasteiger partial charge is 0.321 e. The van der Waals surface area contributed by atoms with E-state index >= 15 is 0 Å². The van der Waals surface area contributed by atoms with Gasteiger partial charge < -0.3 is 20.6 Å². The average Bonchev–Trinajstić information content (AvgIpc) is 2.78. The van der Waals surface area contributed by atoms with Gasteiger partial charge in [-0.15, -0.1) is 0 Å². The van der Waals surface area contributed by atoms with Crippen molar-refractivity contribution < 1.29 is 19.0 Å².